The number of methoxy groups -OCH3 is 4. The van der Waals surface area contributed by atoms with Crippen LogP contribution in [0.3, 0.4) is 0 Å². The van der Waals surface area contributed by atoms with Crippen molar-refractivity contribution < 1.29 is 18.9 Å². The first-order chi connectivity index (χ1) is 11.0. The predicted octanol–water partition coefficient (Wildman–Crippen LogP) is 2.04. The van der Waals surface area contributed by atoms with Gasteiger partial charge in [0, 0.05) is 0 Å². The summed E-state index contributed by atoms with van der Waals surface area (Å²) in [5.41, 5.74) is 3.84. The van der Waals surface area contributed by atoms with Crippen LogP contribution in [0.2, 0.25) is 0 Å². The second-order valence-electron chi connectivity index (χ2n) is 5.08. The second kappa shape index (κ2) is 7.14. The van der Waals surface area contributed by atoms with E-state index in [-0.39, 0.29) is 0 Å². The van der Waals surface area contributed by atoms with E-state index in [1.165, 1.54) is 0 Å². The Morgan fingerprint density at radius 3 is 1.78 bits per heavy atom. The molecule has 0 N–H and O–H groups in total. The number of hydrogen-bond donors (Lipinski definition) is 0. The van der Waals surface area contributed by atoms with E-state index < -0.39 is 0 Å². The van der Waals surface area contributed by atoms with Crippen molar-refractivity contribution in [2.75, 3.05) is 28.4 Å². The molecule has 0 heterocycles. The highest BCUT2D eigenvalue weighted by molar-refractivity contribution is 6.34. The van der Waals surface area contributed by atoms with Gasteiger partial charge in [-0.25, -0.2) is 0 Å². The van der Waals surface area contributed by atoms with Crippen molar-refractivity contribution in [2.45, 2.75) is 0 Å². The highest BCUT2D eigenvalue weighted by Crippen LogP contribution is 2.40. The van der Waals surface area contributed by atoms with Gasteiger partial charge in [0.25, 0.3) is 0 Å². The Bertz CT molecular complexity index is 700. The first kappa shape index (κ1) is 16.8. The van der Waals surface area contributed by atoms with Gasteiger partial charge in [-0.3, -0.25) is 0 Å². The summed E-state index contributed by atoms with van der Waals surface area (Å²) in [7, 11) is 8.45. The minimum absolute atomic E-state index is 0.567. The number of ether oxygens (including phenoxy) is 4. The summed E-state index contributed by atoms with van der Waals surface area (Å²) in [5.74, 6) is 2.63. The van der Waals surface area contributed by atoms with Crippen LogP contribution in [0.5, 0.6) is 23.0 Å². The Balaban J connectivity index is 2.49. The van der Waals surface area contributed by atoms with Crippen LogP contribution >= 0.6 is 0 Å². The highest BCUT2D eigenvalue weighted by atomic mass is 16.5. The van der Waals surface area contributed by atoms with Crippen molar-refractivity contribution in [1.82, 2.24) is 0 Å². The normalized spacial score (nSPS) is 10.1. The summed E-state index contributed by atoms with van der Waals surface area (Å²) in [6.45, 7) is 4.21. The van der Waals surface area contributed by atoms with Crippen LogP contribution in [0.4, 0.5) is 0 Å². The molecule has 0 spiro atoms. The Morgan fingerprint density at radius 1 is 0.783 bits per heavy atom. The average Bonchev–Trinajstić information content (AvgIpc) is 2.59. The first-order valence-corrected chi connectivity index (χ1v) is 7.20. The van der Waals surface area contributed by atoms with Crippen LogP contribution in [0, 0.1) is 0 Å². The Kier molecular flexibility index (Phi) is 5.22. The van der Waals surface area contributed by atoms with Gasteiger partial charge in [0.1, 0.15) is 13.6 Å². The van der Waals surface area contributed by atoms with Crippen molar-refractivity contribution in [1.29, 1.82) is 0 Å². The fourth-order valence-electron chi connectivity index (χ4n) is 2.49. The fourth-order valence-corrected chi connectivity index (χ4v) is 2.49. The molecule has 2 aromatic carbocycles. The minimum atomic E-state index is 0.567. The average molecular weight is 312 g/mol. The zero-order valence-electron chi connectivity index (χ0n) is 14.2. The van der Waals surface area contributed by atoms with Crippen LogP contribution in [0.25, 0.3) is 5.57 Å². The third-order valence-electron chi connectivity index (χ3n) is 3.76. The maximum Gasteiger partial charge on any atom is 0.203 e. The lowest BCUT2D eigenvalue weighted by atomic mass is 9.89. The minimum Gasteiger partial charge on any atom is -0.497 e. The second-order valence-corrected chi connectivity index (χ2v) is 5.08. The lowest BCUT2D eigenvalue weighted by Gasteiger charge is -2.16. The molecule has 2 aromatic rings. The molecule has 2 rings (SSSR count). The maximum atomic E-state index is 5.40. The molecule has 0 aliphatic heterocycles. The van der Waals surface area contributed by atoms with E-state index in [2.05, 4.69) is 6.58 Å². The molecular formula is C18H21BO4. The molecule has 0 saturated heterocycles. The van der Waals surface area contributed by atoms with Crippen LogP contribution in [0.1, 0.15) is 11.1 Å². The van der Waals surface area contributed by atoms with Gasteiger partial charge in [-0.2, -0.15) is 0 Å². The van der Waals surface area contributed by atoms with Crippen molar-refractivity contribution in [3.8, 4) is 23.0 Å². The molecule has 23 heavy (non-hydrogen) atoms. The largest absolute Gasteiger partial charge is 0.497 e. The third kappa shape index (κ3) is 3.28. The molecule has 0 radical (unpaired) electrons. The summed E-state index contributed by atoms with van der Waals surface area (Å²) in [6, 6.07) is 9.75. The van der Waals surface area contributed by atoms with E-state index in [1.807, 2.05) is 38.2 Å². The number of hydrogen-bond acceptors (Lipinski definition) is 4. The molecule has 4 nitrogen and oxygen atoms in total. The van der Waals surface area contributed by atoms with E-state index >= 15 is 0 Å². The first-order valence-electron chi connectivity index (χ1n) is 7.20. The van der Waals surface area contributed by atoms with Gasteiger partial charge in [-0.1, -0.05) is 18.7 Å². The molecule has 0 aromatic heterocycles. The smallest absolute Gasteiger partial charge is 0.203 e. The maximum absolute atomic E-state index is 5.40. The van der Waals surface area contributed by atoms with Crippen molar-refractivity contribution in [3.63, 3.8) is 0 Å². The standard InChI is InChI=1S/C18H21BO4/c1-11(12-6-7-15(20-2)14(19)8-12)13-9-16(21-3)18(23-5)17(10-13)22-4/h6-10H,1,19H2,2-5H3. The third-order valence-corrected chi connectivity index (χ3v) is 3.76. The zero-order chi connectivity index (χ0) is 17.0. The topological polar surface area (TPSA) is 36.9 Å². The lowest BCUT2D eigenvalue weighted by Crippen LogP contribution is -2.08. The molecular weight excluding hydrogens is 291 g/mol. The molecule has 0 bridgehead atoms. The lowest BCUT2D eigenvalue weighted by molar-refractivity contribution is 0.324. The number of benzene rings is 2. The zero-order valence-corrected chi connectivity index (χ0v) is 14.2. The van der Waals surface area contributed by atoms with Gasteiger partial charge >= 0.3 is 0 Å². The van der Waals surface area contributed by atoms with Crippen molar-refractivity contribution >= 4 is 18.9 Å². The van der Waals surface area contributed by atoms with Gasteiger partial charge in [-0.15, -0.1) is 0 Å². The molecule has 0 aliphatic carbocycles. The highest BCUT2D eigenvalue weighted by Gasteiger charge is 2.15. The molecule has 120 valence electrons. The van der Waals surface area contributed by atoms with Gasteiger partial charge in [0.2, 0.25) is 5.75 Å². The van der Waals surface area contributed by atoms with Gasteiger partial charge in [0.05, 0.1) is 28.4 Å². The molecule has 0 atom stereocenters. The van der Waals surface area contributed by atoms with Gasteiger partial charge in [0.15, 0.2) is 11.5 Å². The van der Waals surface area contributed by atoms with Crippen LogP contribution in [0.15, 0.2) is 36.9 Å². The van der Waals surface area contributed by atoms with Crippen LogP contribution in [-0.4, -0.2) is 36.3 Å². The van der Waals surface area contributed by atoms with Crippen LogP contribution < -0.4 is 24.4 Å². The van der Waals surface area contributed by atoms with Crippen molar-refractivity contribution in [3.05, 3.63) is 48.0 Å². The summed E-state index contributed by atoms with van der Waals surface area (Å²) in [6.07, 6.45) is 0. The fraction of sp³-hybridized carbons (Fsp3) is 0.222. The Morgan fingerprint density at radius 2 is 1.35 bits per heavy atom. The van der Waals surface area contributed by atoms with E-state index in [0.29, 0.717) is 17.2 Å². The Hall–Kier alpha value is -2.56. The van der Waals surface area contributed by atoms with E-state index in [9.17, 15) is 0 Å². The monoisotopic (exact) mass is 312 g/mol. The van der Waals surface area contributed by atoms with E-state index in [1.54, 1.807) is 28.4 Å². The molecule has 0 saturated carbocycles. The summed E-state index contributed by atoms with van der Waals surface area (Å²) < 4.78 is 21.5. The molecule has 0 aliphatic rings. The molecule has 0 fully saturated rings. The SMILES string of the molecule is Bc1cc(C(=C)c2cc(OC)c(OC)c(OC)c2)ccc1OC. The van der Waals surface area contributed by atoms with E-state index in [0.717, 1.165) is 27.9 Å². The number of rotatable bonds is 6. The summed E-state index contributed by atoms with van der Waals surface area (Å²) in [4.78, 5) is 0. The van der Waals surface area contributed by atoms with Gasteiger partial charge < -0.3 is 18.9 Å². The molecule has 5 heteroatoms. The van der Waals surface area contributed by atoms with Crippen LogP contribution in [-0.2, 0) is 0 Å². The molecule has 0 unspecified atom stereocenters. The van der Waals surface area contributed by atoms with Crippen molar-refractivity contribution in [2.24, 2.45) is 0 Å². The summed E-state index contributed by atoms with van der Waals surface area (Å²) >= 11 is 0. The summed E-state index contributed by atoms with van der Waals surface area (Å²) in [5, 5.41) is 0. The van der Waals surface area contributed by atoms with Gasteiger partial charge in [-0.05, 0) is 40.4 Å². The molecule has 0 amide bonds. The predicted molar refractivity (Wildman–Crippen MR) is 95.4 cm³/mol. The Labute approximate surface area is 138 Å². The quantitative estimate of drug-likeness (QED) is 0.765. The van der Waals surface area contributed by atoms with E-state index in [4.69, 9.17) is 18.9 Å².